The van der Waals surface area contributed by atoms with E-state index in [2.05, 4.69) is 40.7 Å². The summed E-state index contributed by atoms with van der Waals surface area (Å²) in [6, 6.07) is 13.2. The van der Waals surface area contributed by atoms with E-state index in [1.165, 1.54) is 23.3 Å². The number of nitrogens with zero attached hydrogens (tertiary/aromatic N) is 2. The smallest absolute Gasteiger partial charge is 0.238 e. The average molecular weight is 361 g/mol. The molecule has 1 aromatic heterocycles. The van der Waals surface area contributed by atoms with E-state index >= 15 is 0 Å². The van der Waals surface area contributed by atoms with Crippen LogP contribution in [0.25, 0.3) is 11.0 Å². The van der Waals surface area contributed by atoms with E-state index in [1.807, 2.05) is 6.92 Å². The third-order valence-electron chi connectivity index (χ3n) is 3.82. The molecule has 0 aliphatic heterocycles. The van der Waals surface area contributed by atoms with E-state index in [0.29, 0.717) is 5.52 Å². The maximum Gasteiger partial charge on any atom is 0.238 e. The number of imidazole rings is 1. The summed E-state index contributed by atoms with van der Waals surface area (Å²) < 4.78 is 25.1. The molecule has 0 aliphatic carbocycles. The molecule has 0 fully saturated rings. The van der Waals surface area contributed by atoms with Crippen LogP contribution in [0.15, 0.2) is 52.5 Å². The van der Waals surface area contributed by atoms with Crippen molar-refractivity contribution in [3.05, 3.63) is 53.6 Å². The van der Waals surface area contributed by atoms with Crippen LogP contribution >= 0.6 is 11.8 Å². The first-order valence-electron chi connectivity index (χ1n) is 7.60. The number of sulfonamides is 1. The summed E-state index contributed by atoms with van der Waals surface area (Å²) in [5.74, 6) is 0.811. The summed E-state index contributed by atoms with van der Waals surface area (Å²) in [6.07, 6.45) is 0. The molecule has 126 valence electrons. The van der Waals surface area contributed by atoms with Crippen molar-refractivity contribution in [1.82, 2.24) is 9.55 Å². The molecule has 0 spiro atoms. The van der Waals surface area contributed by atoms with Gasteiger partial charge in [0.1, 0.15) is 0 Å². The van der Waals surface area contributed by atoms with Crippen molar-refractivity contribution in [2.24, 2.45) is 5.14 Å². The molecule has 0 saturated heterocycles. The Morgan fingerprint density at radius 1 is 1.17 bits per heavy atom. The normalized spacial score (nSPS) is 12.0. The van der Waals surface area contributed by atoms with Gasteiger partial charge in [-0.15, -0.1) is 0 Å². The van der Waals surface area contributed by atoms with Crippen LogP contribution in [0, 0.1) is 6.92 Å². The number of aromatic nitrogens is 2. The minimum absolute atomic E-state index is 0.0887. The number of nitrogens with two attached hydrogens (primary N) is 1. The van der Waals surface area contributed by atoms with Gasteiger partial charge in [0.25, 0.3) is 0 Å². The monoisotopic (exact) mass is 361 g/mol. The summed E-state index contributed by atoms with van der Waals surface area (Å²) >= 11 is 1.64. The Bertz CT molecular complexity index is 977. The molecule has 2 aromatic carbocycles. The van der Waals surface area contributed by atoms with Crippen molar-refractivity contribution in [1.29, 1.82) is 0 Å². The molecule has 1 heterocycles. The van der Waals surface area contributed by atoms with Gasteiger partial charge in [-0.05, 0) is 37.6 Å². The van der Waals surface area contributed by atoms with E-state index in [9.17, 15) is 8.42 Å². The van der Waals surface area contributed by atoms with E-state index in [1.54, 1.807) is 17.8 Å². The molecule has 0 atom stereocenters. The second kappa shape index (κ2) is 6.58. The lowest BCUT2D eigenvalue weighted by Gasteiger charge is -2.06. The van der Waals surface area contributed by atoms with Gasteiger partial charge in [0.05, 0.1) is 15.9 Å². The standard InChI is InChI=1S/C17H19N3O2S2/c1-3-20-16-9-8-14(24(18,21)22)10-15(16)19-17(20)23-11-13-6-4-12(2)5-7-13/h4-10H,3,11H2,1-2H3,(H2,18,21,22). The number of hydrogen-bond donors (Lipinski definition) is 1. The lowest BCUT2D eigenvalue weighted by Crippen LogP contribution is -2.11. The van der Waals surface area contributed by atoms with Gasteiger partial charge < -0.3 is 4.57 Å². The van der Waals surface area contributed by atoms with Gasteiger partial charge in [-0.3, -0.25) is 0 Å². The Balaban J connectivity index is 1.93. The minimum Gasteiger partial charge on any atom is -0.319 e. The summed E-state index contributed by atoms with van der Waals surface area (Å²) in [6.45, 7) is 4.88. The molecule has 0 saturated carbocycles. The first kappa shape index (κ1) is 17.0. The molecule has 2 N–H and O–H groups in total. The number of benzene rings is 2. The first-order valence-corrected chi connectivity index (χ1v) is 10.1. The molecule has 24 heavy (non-hydrogen) atoms. The molecule has 0 radical (unpaired) electrons. The van der Waals surface area contributed by atoms with Crippen molar-refractivity contribution in [3.8, 4) is 0 Å². The zero-order valence-electron chi connectivity index (χ0n) is 13.6. The van der Waals surface area contributed by atoms with Crippen LogP contribution in [-0.2, 0) is 22.3 Å². The largest absolute Gasteiger partial charge is 0.319 e. The molecular formula is C17H19N3O2S2. The molecule has 0 bridgehead atoms. The number of hydrogen-bond acceptors (Lipinski definition) is 4. The molecule has 3 rings (SSSR count). The quantitative estimate of drug-likeness (QED) is 0.707. The predicted octanol–water partition coefficient (Wildman–Crippen LogP) is 3.30. The summed E-state index contributed by atoms with van der Waals surface area (Å²) in [5.41, 5.74) is 4.02. The maximum atomic E-state index is 11.5. The molecule has 0 amide bonds. The van der Waals surface area contributed by atoms with Crippen LogP contribution in [0.4, 0.5) is 0 Å². The number of aryl methyl sites for hydroxylation is 2. The van der Waals surface area contributed by atoms with Crippen LogP contribution in [0.2, 0.25) is 0 Å². The Morgan fingerprint density at radius 3 is 2.50 bits per heavy atom. The van der Waals surface area contributed by atoms with Crippen molar-refractivity contribution in [2.45, 2.75) is 36.2 Å². The number of primary sulfonamides is 1. The predicted molar refractivity (Wildman–Crippen MR) is 97.5 cm³/mol. The van der Waals surface area contributed by atoms with Crippen molar-refractivity contribution >= 4 is 32.8 Å². The maximum absolute atomic E-state index is 11.5. The fraction of sp³-hybridized carbons (Fsp3) is 0.235. The van der Waals surface area contributed by atoms with Crippen LogP contribution in [-0.4, -0.2) is 18.0 Å². The van der Waals surface area contributed by atoms with Gasteiger partial charge in [-0.25, -0.2) is 18.5 Å². The second-order valence-corrected chi connectivity index (χ2v) is 8.11. The zero-order chi connectivity index (χ0) is 17.3. The van der Waals surface area contributed by atoms with Crippen molar-refractivity contribution in [2.75, 3.05) is 0 Å². The average Bonchev–Trinajstić information content (AvgIpc) is 2.90. The fourth-order valence-corrected chi connectivity index (χ4v) is 4.08. The van der Waals surface area contributed by atoms with E-state index in [0.717, 1.165) is 23.0 Å². The highest BCUT2D eigenvalue weighted by atomic mass is 32.2. The minimum atomic E-state index is -3.72. The van der Waals surface area contributed by atoms with Crippen LogP contribution in [0.5, 0.6) is 0 Å². The van der Waals surface area contributed by atoms with E-state index in [-0.39, 0.29) is 4.90 Å². The zero-order valence-corrected chi connectivity index (χ0v) is 15.2. The number of thioether (sulfide) groups is 1. The third kappa shape index (κ3) is 3.48. The topological polar surface area (TPSA) is 78.0 Å². The highest BCUT2D eigenvalue weighted by Crippen LogP contribution is 2.28. The van der Waals surface area contributed by atoms with Gasteiger partial charge in [0.2, 0.25) is 10.0 Å². The summed E-state index contributed by atoms with van der Waals surface area (Å²) in [4.78, 5) is 4.68. The Morgan fingerprint density at radius 2 is 1.88 bits per heavy atom. The highest BCUT2D eigenvalue weighted by molar-refractivity contribution is 7.98. The first-order chi connectivity index (χ1) is 11.4. The lowest BCUT2D eigenvalue weighted by atomic mass is 10.2. The second-order valence-electron chi connectivity index (χ2n) is 5.61. The summed E-state index contributed by atoms with van der Waals surface area (Å²) in [7, 11) is -3.72. The number of fused-ring (bicyclic) bond motifs is 1. The van der Waals surface area contributed by atoms with Gasteiger partial charge in [0.15, 0.2) is 5.16 Å². The molecule has 0 unspecified atom stereocenters. The molecule has 0 aliphatic rings. The third-order valence-corrected chi connectivity index (χ3v) is 5.78. The SMILES string of the molecule is CCn1c(SCc2ccc(C)cc2)nc2cc(S(N)(=O)=O)ccc21. The summed E-state index contributed by atoms with van der Waals surface area (Å²) in [5, 5.41) is 6.08. The molecular weight excluding hydrogens is 342 g/mol. The van der Waals surface area contributed by atoms with Crippen LogP contribution in [0.1, 0.15) is 18.1 Å². The number of rotatable bonds is 5. The van der Waals surface area contributed by atoms with Gasteiger partial charge in [-0.2, -0.15) is 0 Å². The van der Waals surface area contributed by atoms with Gasteiger partial charge in [0, 0.05) is 12.3 Å². The van der Waals surface area contributed by atoms with E-state index < -0.39 is 10.0 Å². The van der Waals surface area contributed by atoms with Gasteiger partial charge >= 0.3 is 0 Å². The Hall–Kier alpha value is -1.83. The molecule has 5 nitrogen and oxygen atoms in total. The van der Waals surface area contributed by atoms with Gasteiger partial charge in [-0.1, -0.05) is 41.6 Å². The molecule has 7 heteroatoms. The Labute approximate surface area is 145 Å². The van der Waals surface area contributed by atoms with E-state index in [4.69, 9.17) is 5.14 Å². The fourth-order valence-electron chi connectivity index (χ4n) is 2.51. The van der Waals surface area contributed by atoms with Crippen molar-refractivity contribution in [3.63, 3.8) is 0 Å². The van der Waals surface area contributed by atoms with Crippen LogP contribution in [0.3, 0.4) is 0 Å². The highest BCUT2D eigenvalue weighted by Gasteiger charge is 2.14. The Kier molecular flexibility index (Phi) is 4.67. The lowest BCUT2D eigenvalue weighted by molar-refractivity contribution is 0.598. The molecule has 3 aromatic rings. The van der Waals surface area contributed by atoms with Crippen LogP contribution < -0.4 is 5.14 Å². The van der Waals surface area contributed by atoms with Crippen molar-refractivity contribution < 1.29 is 8.42 Å².